The first kappa shape index (κ1) is 23.6. The molecule has 3 aromatic rings. The lowest BCUT2D eigenvalue weighted by Crippen LogP contribution is -2.27. The molecule has 1 aliphatic rings. The first-order chi connectivity index (χ1) is 16.6. The molecule has 1 saturated heterocycles. The van der Waals surface area contributed by atoms with Crippen molar-refractivity contribution in [3.63, 3.8) is 0 Å². The predicted octanol–water partition coefficient (Wildman–Crippen LogP) is 4.49. The Morgan fingerprint density at radius 1 is 1.09 bits per heavy atom. The Balaban J connectivity index is 1.34. The highest BCUT2D eigenvalue weighted by Crippen LogP contribution is 2.31. The lowest BCUT2D eigenvalue weighted by atomic mass is 10.1. The van der Waals surface area contributed by atoms with Gasteiger partial charge in [-0.2, -0.15) is 4.98 Å². The van der Waals surface area contributed by atoms with Gasteiger partial charge in [-0.05, 0) is 54.8 Å². The molecule has 0 saturated carbocycles. The van der Waals surface area contributed by atoms with Crippen LogP contribution >= 0.6 is 0 Å². The molecule has 8 heteroatoms. The van der Waals surface area contributed by atoms with Gasteiger partial charge in [0.25, 0.3) is 0 Å². The van der Waals surface area contributed by atoms with E-state index in [0.29, 0.717) is 49.3 Å². The summed E-state index contributed by atoms with van der Waals surface area (Å²) >= 11 is 0. The van der Waals surface area contributed by atoms with Crippen molar-refractivity contribution in [3.8, 4) is 28.6 Å². The molecule has 0 bridgehead atoms. The number of rotatable bonds is 11. The average Bonchev–Trinajstić information content (AvgIpc) is 3.50. The minimum Gasteiger partial charge on any atom is -0.494 e. The van der Waals surface area contributed by atoms with E-state index >= 15 is 0 Å². The number of amides is 1. The van der Waals surface area contributed by atoms with Crippen molar-refractivity contribution < 1.29 is 23.5 Å². The molecule has 1 unspecified atom stereocenters. The van der Waals surface area contributed by atoms with Crippen molar-refractivity contribution in [3.05, 3.63) is 53.9 Å². The lowest BCUT2D eigenvalue weighted by Gasteiger charge is -2.16. The Morgan fingerprint density at radius 2 is 1.88 bits per heavy atom. The average molecular weight is 466 g/mol. The maximum absolute atomic E-state index is 12.6. The smallest absolute Gasteiger partial charge is 0.232 e. The van der Waals surface area contributed by atoms with E-state index < -0.39 is 0 Å². The molecule has 0 aliphatic carbocycles. The van der Waals surface area contributed by atoms with Gasteiger partial charge in [0.15, 0.2) is 11.5 Å². The number of likely N-dealkylation sites (tertiary alicyclic amines) is 1. The molecular weight excluding hydrogens is 434 g/mol. The van der Waals surface area contributed by atoms with E-state index in [1.807, 2.05) is 47.4 Å². The fourth-order valence-corrected chi connectivity index (χ4v) is 4.01. The summed E-state index contributed by atoms with van der Waals surface area (Å²) in [6.07, 6.45) is 3.22. The van der Waals surface area contributed by atoms with E-state index in [-0.39, 0.29) is 11.8 Å². The first-order valence-electron chi connectivity index (χ1n) is 11.7. The summed E-state index contributed by atoms with van der Waals surface area (Å²) in [7, 11) is 3.23. The van der Waals surface area contributed by atoms with Crippen LogP contribution in [0.25, 0.3) is 11.4 Å². The predicted molar refractivity (Wildman–Crippen MR) is 127 cm³/mol. The Labute approximate surface area is 199 Å². The highest BCUT2D eigenvalue weighted by molar-refractivity contribution is 5.79. The van der Waals surface area contributed by atoms with Gasteiger partial charge in [-0.15, -0.1) is 0 Å². The fraction of sp³-hybridized carbons (Fsp3) is 0.423. The maximum atomic E-state index is 12.6. The van der Waals surface area contributed by atoms with E-state index in [1.54, 1.807) is 14.2 Å². The number of carbonyl (C=O) groups excluding carboxylic acids is 1. The van der Waals surface area contributed by atoms with Crippen molar-refractivity contribution >= 4 is 5.91 Å². The number of ether oxygens (including phenoxy) is 3. The number of benzene rings is 2. The molecule has 8 nitrogen and oxygen atoms in total. The Kier molecular flexibility index (Phi) is 7.67. The van der Waals surface area contributed by atoms with E-state index in [1.165, 1.54) is 0 Å². The summed E-state index contributed by atoms with van der Waals surface area (Å²) in [5, 5.41) is 4.13. The molecule has 1 fully saturated rings. The van der Waals surface area contributed by atoms with Gasteiger partial charge >= 0.3 is 0 Å². The number of carbonyl (C=O) groups is 1. The minimum atomic E-state index is -0.101. The van der Waals surface area contributed by atoms with Crippen LogP contribution in [-0.4, -0.2) is 54.9 Å². The van der Waals surface area contributed by atoms with Gasteiger partial charge in [0.05, 0.1) is 26.7 Å². The largest absolute Gasteiger partial charge is 0.494 e. The molecule has 0 radical (unpaired) electrons. The molecular formula is C26H31N3O5. The van der Waals surface area contributed by atoms with Crippen molar-refractivity contribution in [1.29, 1.82) is 0 Å². The van der Waals surface area contributed by atoms with Gasteiger partial charge < -0.3 is 23.6 Å². The summed E-state index contributed by atoms with van der Waals surface area (Å²) in [6.45, 7) is 4.03. The summed E-state index contributed by atoms with van der Waals surface area (Å²) in [4.78, 5) is 19.0. The minimum absolute atomic E-state index is 0.0961. The van der Waals surface area contributed by atoms with E-state index in [4.69, 9.17) is 18.7 Å². The molecule has 2 aromatic carbocycles. The van der Waals surface area contributed by atoms with Crippen molar-refractivity contribution in [1.82, 2.24) is 15.0 Å². The van der Waals surface area contributed by atoms with Crippen LogP contribution in [-0.2, 0) is 11.2 Å². The second-order valence-electron chi connectivity index (χ2n) is 8.36. The quantitative estimate of drug-likeness (QED) is 0.386. The van der Waals surface area contributed by atoms with Crippen LogP contribution in [0.2, 0.25) is 0 Å². The van der Waals surface area contributed by atoms with Gasteiger partial charge in [0.1, 0.15) is 5.75 Å². The van der Waals surface area contributed by atoms with Gasteiger partial charge in [-0.25, -0.2) is 0 Å². The Morgan fingerprint density at radius 3 is 2.62 bits per heavy atom. The van der Waals surface area contributed by atoms with Crippen LogP contribution in [0.15, 0.2) is 47.0 Å². The number of hydrogen-bond acceptors (Lipinski definition) is 7. The topological polar surface area (TPSA) is 86.9 Å². The molecule has 1 aliphatic heterocycles. The third kappa shape index (κ3) is 5.50. The summed E-state index contributed by atoms with van der Waals surface area (Å²) in [6, 6.07) is 13.5. The SMILES string of the molecule is CCCCOc1ccc(-c2noc(C3CC(=O)N(CCc4ccc(OC)c(OC)c4)C3)n2)cc1. The van der Waals surface area contributed by atoms with Gasteiger partial charge in [0, 0.05) is 25.1 Å². The molecule has 2 heterocycles. The maximum Gasteiger partial charge on any atom is 0.232 e. The molecule has 1 amide bonds. The van der Waals surface area contributed by atoms with Crippen molar-refractivity contribution in [2.75, 3.05) is 33.9 Å². The van der Waals surface area contributed by atoms with E-state index in [0.717, 1.165) is 36.1 Å². The number of unbranched alkanes of at least 4 members (excludes halogenated alkanes) is 1. The molecule has 1 aromatic heterocycles. The molecule has 1 atom stereocenters. The fourth-order valence-electron chi connectivity index (χ4n) is 4.01. The summed E-state index contributed by atoms with van der Waals surface area (Å²) < 4.78 is 21.9. The van der Waals surface area contributed by atoms with Crippen LogP contribution in [0.5, 0.6) is 17.2 Å². The second-order valence-corrected chi connectivity index (χ2v) is 8.36. The summed E-state index contributed by atoms with van der Waals surface area (Å²) in [5.41, 5.74) is 1.93. The monoisotopic (exact) mass is 465 g/mol. The van der Waals surface area contributed by atoms with Crippen LogP contribution in [0, 0.1) is 0 Å². The number of nitrogens with zero attached hydrogens (tertiary/aromatic N) is 3. The van der Waals surface area contributed by atoms with Crippen LogP contribution in [0.1, 0.15) is 43.6 Å². The lowest BCUT2D eigenvalue weighted by molar-refractivity contribution is -0.127. The number of methoxy groups -OCH3 is 2. The van der Waals surface area contributed by atoms with Gasteiger partial charge in [0.2, 0.25) is 17.6 Å². The van der Waals surface area contributed by atoms with Gasteiger partial charge in [-0.1, -0.05) is 24.6 Å². The van der Waals surface area contributed by atoms with E-state index in [2.05, 4.69) is 17.1 Å². The standard InChI is InChI=1S/C26H31N3O5/c1-4-5-14-33-21-9-7-19(8-10-21)25-27-26(34-28-25)20-16-24(30)29(17-20)13-12-18-6-11-22(31-2)23(15-18)32-3/h6-11,15,20H,4-5,12-14,16-17H2,1-3H3. The Bertz CT molecular complexity index is 1100. The molecule has 0 spiro atoms. The first-order valence-corrected chi connectivity index (χ1v) is 11.7. The zero-order valence-corrected chi connectivity index (χ0v) is 20.0. The highest BCUT2D eigenvalue weighted by atomic mass is 16.5. The molecule has 0 N–H and O–H groups in total. The van der Waals surface area contributed by atoms with Gasteiger partial charge in [-0.3, -0.25) is 4.79 Å². The molecule has 4 rings (SSSR count). The van der Waals surface area contributed by atoms with Crippen molar-refractivity contribution in [2.24, 2.45) is 0 Å². The van der Waals surface area contributed by atoms with E-state index in [9.17, 15) is 4.79 Å². The molecule has 34 heavy (non-hydrogen) atoms. The third-order valence-corrected chi connectivity index (χ3v) is 6.00. The summed E-state index contributed by atoms with van der Waals surface area (Å²) in [5.74, 6) is 3.22. The highest BCUT2D eigenvalue weighted by Gasteiger charge is 2.34. The van der Waals surface area contributed by atoms with Crippen molar-refractivity contribution in [2.45, 2.75) is 38.5 Å². The van der Waals surface area contributed by atoms with Crippen LogP contribution in [0.3, 0.4) is 0 Å². The van der Waals surface area contributed by atoms with Crippen LogP contribution in [0.4, 0.5) is 0 Å². The Hall–Kier alpha value is -3.55. The normalized spacial score (nSPS) is 15.6. The third-order valence-electron chi connectivity index (χ3n) is 6.00. The second kappa shape index (κ2) is 11.0. The number of aromatic nitrogens is 2. The zero-order valence-electron chi connectivity index (χ0n) is 20.0. The molecule has 180 valence electrons. The number of hydrogen-bond donors (Lipinski definition) is 0. The zero-order chi connectivity index (χ0) is 23.9. The van der Waals surface area contributed by atoms with Crippen LogP contribution < -0.4 is 14.2 Å².